The van der Waals surface area contributed by atoms with E-state index >= 15 is 0 Å². The summed E-state index contributed by atoms with van der Waals surface area (Å²) >= 11 is 7.93. The maximum absolute atomic E-state index is 11.0. The van der Waals surface area contributed by atoms with Crippen LogP contribution in [0.5, 0.6) is 0 Å². The lowest BCUT2D eigenvalue weighted by molar-refractivity contribution is 0.112. The Labute approximate surface area is 98.6 Å². The average molecular weight is 242 g/mol. The molecule has 1 aliphatic rings. The van der Waals surface area contributed by atoms with Gasteiger partial charge in [0.2, 0.25) is 0 Å². The van der Waals surface area contributed by atoms with Gasteiger partial charge >= 0.3 is 0 Å². The van der Waals surface area contributed by atoms with Crippen molar-refractivity contribution in [3.05, 3.63) is 28.8 Å². The molecule has 0 N–H and O–H groups in total. The number of hydrogen-bond acceptors (Lipinski definition) is 3. The van der Waals surface area contributed by atoms with E-state index in [0.29, 0.717) is 10.6 Å². The van der Waals surface area contributed by atoms with Gasteiger partial charge in [-0.05, 0) is 12.1 Å². The number of aldehydes is 1. The van der Waals surface area contributed by atoms with Crippen molar-refractivity contribution in [2.45, 2.75) is 0 Å². The van der Waals surface area contributed by atoms with E-state index in [4.69, 9.17) is 11.6 Å². The van der Waals surface area contributed by atoms with Crippen molar-refractivity contribution in [2.75, 3.05) is 29.5 Å². The van der Waals surface area contributed by atoms with Gasteiger partial charge in [-0.25, -0.2) is 0 Å². The second kappa shape index (κ2) is 4.90. The average Bonchev–Trinajstić information content (AvgIpc) is 2.30. The number of halogens is 1. The molecule has 1 aliphatic heterocycles. The first-order chi connectivity index (χ1) is 7.33. The first-order valence-corrected chi connectivity index (χ1v) is 6.42. The maximum Gasteiger partial charge on any atom is 0.153 e. The van der Waals surface area contributed by atoms with Crippen LogP contribution in [0, 0.1) is 0 Å². The maximum atomic E-state index is 11.0. The summed E-state index contributed by atoms with van der Waals surface area (Å²) in [5.74, 6) is 2.23. The Morgan fingerprint density at radius 3 is 2.73 bits per heavy atom. The van der Waals surface area contributed by atoms with E-state index in [9.17, 15) is 4.79 Å². The summed E-state index contributed by atoms with van der Waals surface area (Å²) in [6, 6.07) is 5.62. The number of carbonyl (C=O) groups is 1. The van der Waals surface area contributed by atoms with Crippen LogP contribution in [0.1, 0.15) is 10.4 Å². The summed E-state index contributed by atoms with van der Waals surface area (Å²) in [4.78, 5) is 13.2. The molecule has 1 aromatic carbocycles. The summed E-state index contributed by atoms with van der Waals surface area (Å²) in [6.07, 6.45) is 0.847. The van der Waals surface area contributed by atoms with E-state index in [2.05, 4.69) is 4.90 Å². The molecule has 1 aromatic rings. The Morgan fingerprint density at radius 1 is 1.33 bits per heavy atom. The molecule has 1 heterocycles. The van der Waals surface area contributed by atoms with Gasteiger partial charge in [0.25, 0.3) is 0 Å². The van der Waals surface area contributed by atoms with Crippen molar-refractivity contribution in [3.63, 3.8) is 0 Å². The third-order valence-corrected chi connectivity index (χ3v) is 3.77. The Morgan fingerprint density at radius 2 is 2.07 bits per heavy atom. The molecule has 1 fully saturated rings. The highest BCUT2D eigenvalue weighted by molar-refractivity contribution is 7.99. The van der Waals surface area contributed by atoms with Gasteiger partial charge in [0.15, 0.2) is 6.29 Å². The molecule has 0 aliphatic carbocycles. The third-order valence-electron chi connectivity index (χ3n) is 2.50. The summed E-state index contributed by atoms with van der Waals surface area (Å²) < 4.78 is 0. The number of hydrogen-bond donors (Lipinski definition) is 0. The molecule has 0 radical (unpaired) electrons. The molecule has 2 nitrogen and oxygen atoms in total. The molecule has 4 heteroatoms. The largest absolute Gasteiger partial charge is 0.369 e. The van der Waals surface area contributed by atoms with Crippen LogP contribution in [0.25, 0.3) is 0 Å². The monoisotopic (exact) mass is 241 g/mol. The van der Waals surface area contributed by atoms with Crippen LogP contribution in [0.15, 0.2) is 18.2 Å². The van der Waals surface area contributed by atoms with Crippen molar-refractivity contribution in [1.82, 2.24) is 0 Å². The Kier molecular flexibility index (Phi) is 3.54. The predicted octanol–water partition coefficient (Wildman–Crippen LogP) is 2.71. The lowest BCUT2D eigenvalue weighted by atomic mass is 10.1. The Balaban J connectivity index is 2.33. The van der Waals surface area contributed by atoms with Gasteiger partial charge in [-0.1, -0.05) is 17.7 Å². The molecule has 80 valence electrons. The molecule has 0 unspecified atom stereocenters. The first kappa shape index (κ1) is 10.8. The molecular formula is C11H12ClNOS. The number of anilines is 1. The fourth-order valence-corrected chi connectivity index (χ4v) is 2.84. The van der Waals surface area contributed by atoms with Gasteiger partial charge in [0.1, 0.15) is 0 Å². The van der Waals surface area contributed by atoms with E-state index in [0.717, 1.165) is 36.6 Å². The van der Waals surface area contributed by atoms with E-state index in [1.165, 1.54) is 0 Å². The van der Waals surface area contributed by atoms with Gasteiger partial charge in [-0.2, -0.15) is 11.8 Å². The summed E-state index contributed by atoms with van der Waals surface area (Å²) in [6.45, 7) is 1.98. The highest BCUT2D eigenvalue weighted by Gasteiger charge is 2.15. The quantitative estimate of drug-likeness (QED) is 0.743. The zero-order valence-electron chi connectivity index (χ0n) is 8.28. The minimum atomic E-state index is 0.542. The predicted molar refractivity (Wildman–Crippen MR) is 66.4 cm³/mol. The second-order valence-electron chi connectivity index (χ2n) is 3.39. The second-order valence-corrected chi connectivity index (χ2v) is 5.02. The molecule has 0 saturated carbocycles. The van der Waals surface area contributed by atoms with Crippen molar-refractivity contribution < 1.29 is 4.79 Å². The van der Waals surface area contributed by atoms with Crippen LogP contribution in [0.2, 0.25) is 5.02 Å². The molecular weight excluding hydrogens is 230 g/mol. The Bertz CT molecular complexity index is 364. The minimum Gasteiger partial charge on any atom is -0.369 e. The lowest BCUT2D eigenvalue weighted by Crippen LogP contribution is -2.33. The summed E-state index contributed by atoms with van der Waals surface area (Å²) in [5, 5.41) is 0.542. The van der Waals surface area contributed by atoms with Crippen molar-refractivity contribution in [3.8, 4) is 0 Å². The molecule has 0 spiro atoms. The van der Waals surface area contributed by atoms with Crippen LogP contribution >= 0.6 is 23.4 Å². The molecule has 0 atom stereocenters. The molecule has 15 heavy (non-hydrogen) atoms. The van der Waals surface area contributed by atoms with Crippen molar-refractivity contribution >= 4 is 35.3 Å². The van der Waals surface area contributed by atoms with E-state index in [1.807, 2.05) is 23.9 Å². The first-order valence-electron chi connectivity index (χ1n) is 4.89. The molecule has 0 bridgehead atoms. The van der Waals surface area contributed by atoms with Gasteiger partial charge in [-0.15, -0.1) is 0 Å². The number of nitrogens with zero attached hydrogens (tertiary/aromatic N) is 1. The zero-order chi connectivity index (χ0) is 10.7. The normalized spacial score (nSPS) is 16.5. The molecule has 1 saturated heterocycles. The zero-order valence-corrected chi connectivity index (χ0v) is 9.85. The fourth-order valence-electron chi connectivity index (χ4n) is 1.72. The van der Waals surface area contributed by atoms with Crippen molar-refractivity contribution in [2.24, 2.45) is 0 Å². The SMILES string of the molecule is O=Cc1c(Cl)cccc1N1CCSCC1. The third kappa shape index (κ3) is 2.29. The van der Waals surface area contributed by atoms with Crippen LogP contribution in [-0.4, -0.2) is 30.9 Å². The van der Waals surface area contributed by atoms with Crippen LogP contribution < -0.4 is 4.90 Å². The van der Waals surface area contributed by atoms with Gasteiger partial charge in [0, 0.05) is 30.3 Å². The number of carbonyl (C=O) groups excluding carboxylic acids is 1. The molecule has 2 rings (SSSR count). The number of benzene rings is 1. The van der Waals surface area contributed by atoms with Gasteiger partial charge in [-0.3, -0.25) is 4.79 Å². The highest BCUT2D eigenvalue weighted by atomic mass is 35.5. The topological polar surface area (TPSA) is 20.3 Å². The number of thioether (sulfide) groups is 1. The fraction of sp³-hybridized carbons (Fsp3) is 0.364. The standard InChI is InChI=1S/C11H12ClNOS/c12-10-2-1-3-11(9(10)8-14)13-4-6-15-7-5-13/h1-3,8H,4-7H2. The van der Waals surface area contributed by atoms with Crippen LogP contribution in [0.4, 0.5) is 5.69 Å². The Hall–Kier alpha value is -0.670. The van der Waals surface area contributed by atoms with E-state index in [-0.39, 0.29) is 0 Å². The van der Waals surface area contributed by atoms with Crippen LogP contribution in [0.3, 0.4) is 0 Å². The van der Waals surface area contributed by atoms with Crippen molar-refractivity contribution in [1.29, 1.82) is 0 Å². The molecule has 0 amide bonds. The van der Waals surface area contributed by atoms with Gasteiger partial charge in [0.05, 0.1) is 10.6 Å². The smallest absolute Gasteiger partial charge is 0.153 e. The minimum absolute atomic E-state index is 0.542. The number of rotatable bonds is 2. The van der Waals surface area contributed by atoms with Gasteiger partial charge < -0.3 is 4.90 Å². The summed E-state index contributed by atoms with van der Waals surface area (Å²) in [5.41, 5.74) is 1.59. The van der Waals surface area contributed by atoms with E-state index < -0.39 is 0 Å². The lowest BCUT2D eigenvalue weighted by Gasteiger charge is -2.29. The molecule has 0 aromatic heterocycles. The van der Waals surface area contributed by atoms with Crippen LogP contribution in [-0.2, 0) is 0 Å². The van der Waals surface area contributed by atoms with E-state index in [1.54, 1.807) is 6.07 Å². The highest BCUT2D eigenvalue weighted by Crippen LogP contribution is 2.27. The summed E-state index contributed by atoms with van der Waals surface area (Å²) in [7, 11) is 0.